The summed E-state index contributed by atoms with van der Waals surface area (Å²) in [6.07, 6.45) is 3.17. The zero-order valence-electron chi connectivity index (χ0n) is 31.1. The Morgan fingerprint density at radius 2 is 1.98 bits per heavy atom. The second-order valence-electron chi connectivity index (χ2n) is 13.6. The highest BCUT2D eigenvalue weighted by Crippen LogP contribution is 2.49. The lowest BCUT2D eigenvalue weighted by Crippen LogP contribution is -2.63. The van der Waals surface area contributed by atoms with Gasteiger partial charge in [-0.15, -0.1) is 0 Å². The van der Waals surface area contributed by atoms with E-state index in [1.54, 1.807) is 73.7 Å². The number of likely N-dealkylation sites (N-methyl/N-ethyl adjacent to an activating group) is 1. The highest BCUT2D eigenvalue weighted by atomic mass is 35.5. The van der Waals surface area contributed by atoms with E-state index >= 15 is 0 Å². The number of anilines is 1. The molecule has 0 aromatic heterocycles. The molecule has 1 aromatic carbocycles. The van der Waals surface area contributed by atoms with Gasteiger partial charge < -0.3 is 38.6 Å². The van der Waals surface area contributed by atoms with Gasteiger partial charge in [0.25, 0.3) is 0 Å². The van der Waals surface area contributed by atoms with Crippen LogP contribution in [0.1, 0.15) is 52.5 Å². The van der Waals surface area contributed by atoms with Crippen LogP contribution in [0.25, 0.3) is 0 Å². The van der Waals surface area contributed by atoms with Crippen LogP contribution >= 0.6 is 33.2 Å². The van der Waals surface area contributed by atoms with Gasteiger partial charge >= 0.3 is 12.1 Å². The number of esters is 1. The van der Waals surface area contributed by atoms with Crippen molar-refractivity contribution < 1.29 is 48.0 Å². The molecule has 8 atom stereocenters. The number of amides is 3. The molecule has 2 saturated heterocycles. The molecular formula is C36H50ClN3O10S2. The van der Waals surface area contributed by atoms with Gasteiger partial charge in [0.1, 0.15) is 40.7 Å². The summed E-state index contributed by atoms with van der Waals surface area (Å²) >= 11 is 6.75. The molecule has 2 fully saturated rings. The number of halogens is 1. The first kappa shape index (κ1) is 41.8. The average Bonchev–Trinajstić information content (AvgIpc) is 3.80. The van der Waals surface area contributed by atoms with Crippen molar-refractivity contribution in [2.75, 3.05) is 45.2 Å². The molecule has 13 nitrogen and oxygen atoms in total. The minimum absolute atomic E-state index is 0.0452. The SMILES string of the molecule is COc1cc2cc(c1Cl)N(C)C(=O)C[C@H](OC(=O)[C@H](C)N(C)C(=O)CCSSC)[C@]1(C)O[C@H]1C(C)[C@@H]1C[C@@](O)(NC(=O)O1)[C@H](OC)/C=C/C=C(\C)C2. The van der Waals surface area contributed by atoms with Gasteiger partial charge in [0.15, 0.2) is 5.72 Å². The monoisotopic (exact) mass is 783 g/mol. The minimum Gasteiger partial charge on any atom is -0.495 e. The topological polar surface area (TPSA) is 156 Å². The molecule has 3 amide bonds. The van der Waals surface area contributed by atoms with Gasteiger partial charge in [-0.25, -0.2) is 9.59 Å². The molecule has 4 rings (SSSR count). The number of benzene rings is 1. The summed E-state index contributed by atoms with van der Waals surface area (Å²) in [4.78, 5) is 56.2. The van der Waals surface area contributed by atoms with E-state index < -0.39 is 65.7 Å². The number of fused-ring (bicyclic) bond motifs is 5. The smallest absolute Gasteiger partial charge is 0.409 e. The van der Waals surface area contributed by atoms with Crippen LogP contribution in [0.5, 0.6) is 5.75 Å². The average molecular weight is 784 g/mol. The Balaban J connectivity index is 1.74. The van der Waals surface area contributed by atoms with E-state index in [-0.39, 0.29) is 30.2 Å². The Bertz CT molecular complexity index is 1580. The van der Waals surface area contributed by atoms with E-state index in [2.05, 4.69) is 5.32 Å². The number of rotatable bonds is 9. The number of carbonyl (C=O) groups is 4. The van der Waals surface area contributed by atoms with Crippen LogP contribution < -0.4 is 15.0 Å². The lowest BCUT2D eigenvalue weighted by atomic mass is 9.83. The van der Waals surface area contributed by atoms with Crippen LogP contribution in [0.4, 0.5) is 10.5 Å². The molecule has 1 unspecified atom stereocenters. The molecule has 3 aliphatic rings. The van der Waals surface area contributed by atoms with Crippen molar-refractivity contribution in [3.05, 3.63) is 46.5 Å². The summed E-state index contributed by atoms with van der Waals surface area (Å²) in [6, 6.07) is 2.63. The molecule has 0 radical (unpaired) electrons. The van der Waals surface area contributed by atoms with Gasteiger partial charge in [0.2, 0.25) is 11.8 Å². The molecular weight excluding hydrogens is 734 g/mol. The van der Waals surface area contributed by atoms with Gasteiger partial charge in [0.05, 0.1) is 25.3 Å². The summed E-state index contributed by atoms with van der Waals surface area (Å²) in [5, 5.41) is 14.5. The van der Waals surface area contributed by atoms with Crippen molar-refractivity contribution in [3.8, 4) is 5.75 Å². The maximum Gasteiger partial charge on any atom is 0.409 e. The van der Waals surface area contributed by atoms with Crippen LogP contribution in [0.3, 0.4) is 0 Å². The summed E-state index contributed by atoms with van der Waals surface area (Å²) in [7, 11) is 9.14. The Morgan fingerprint density at radius 1 is 1.27 bits per heavy atom. The zero-order chi connectivity index (χ0) is 38.5. The van der Waals surface area contributed by atoms with Crippen molar-refractivity contribution >= 4 is 62.8 Å². The fraction of sp³-hybridized carbons (Fsp3) is 0.611. The first-order valence-corrected chi connectivity index (χ1v) is 20.1. The molecule has 16 heteroatoms. The molecule has 1 aromatic rings. The molecule has 3 heterocycles. The summed E-state index contributed by atoms with van der Waals surface area (Å²) in [5.41, 5.74) is -0.884. The van der Waals surface area contributed by atoms with Crippen LogP contribution in [0.2, 0.25) is 5.02 Å². The molecule has 0 spiro atoms. The van der Waals surface area contributed by atoms with Crippen LogP contribution in [0, 0.1) is 5.92 Å². The molecule has 0 aliphatic carbocycles. The number of nitrogens with zero attached hydrogens (tertiary/aromatic N) is 2. The number of carbonyl (C=O) groups excluding carboxylic acids is 4. The van der Waals surface area contributed by atoms with Gasteiger partial charge in [-0.05, 0) is 51.1 Å². The third-order valence-electron chi connectivity index (χ3n) is 10.0. The normalized spacial score (nSPS) is 31.6. The second kappa shape index (κ2) is 17.5. The first-order valence-electron chi connectivity index (χ1n) is 17.0. The highest BCUT2D eigenvalue weighted by molar-refractivity contribution is 8.76. The quantitative estimate of drug-likeness (QED) is 0.151. The number of nitrogens with one attached hydrogen (secondary N) is 1. The fourth-order valence-corrected chi connectivity index (χ4v) is 8.09. The van der Waals surface area contributed by atoms with Crippen LogP contribution in [-0.2, 0) is 39.8 Å². The molecule has 288 valence electrons. The molecule has 0 saturated carbocycles. The summed E-state index contributed by atoms with van der Waals surface area (Å²) in [5.74, 6) is -0.916. The van der Waals surface area contributed by atoms with Gasteiger partial charge in [-0.3, -0.25) is 14.9 Å². The number of hydrogen-bond acceptors (Lipinski definition) is 12. The van der Waals surface area contributed by atoms with E-state index in [4.69, 9.17) is 35.3 Å². The van der Waals surface area contributed by atoms with E-state index in [1.165, 1.54) is 31.1 Å². The fourth-order valence-electron chi connectivity index (χ4n) is 6.61. The molecule has 4 bridgehead atoms. The number of allylic oxidation sites excluding steroid dienone is 3. The van der Waals surface area contributed by atoms with Crippen molar-refractivity contribution in [1.82, 2.24) is 10.2 Å². The Labute approximate surface area is 318 Å². The largest absolute Gasteiger partial charge is 0.495 e. The number of epoxide rings is 1. The van der Waals surface area contributed by atoms with E-state index in [9.17, 15) is 24.3 Å². The molecule has 3 aliphatic heterocycles. The number of methoxy groups -OCH3 is 2. The Morgan fingerprint density at radius 3 is 2.63 bits per heavy atom. The maximum absolute atomic E-state index is 14.1. The van der Waals surface area contributed by atoms with Gasteiger partial charge in [0, 0.05) is 45.7 Å². The van der Waals surface area contributed by atoms with Gasteiger partial charge in [-0.1, -0.05) is 63.9 Å². The molecule has 52 heavy (non-hydrogen) atoms. The first-order chi connectivity index (χ1) is 24.5. The minimum atomic E-state index is -1.82. The summed E-state index contributed by atoms with van der Waals surface area (Å²) in [6.45, 7) is 7.02. The Kier molecular flexibility index (Phi) is 14.0. The number of ether oxygens (including phenoxy) is 5. The van der Waals surface area contributed by atoms with E-state index in [0.717, 1.165) is 11.1 Å². The molecule has 2 N–H and O–H groups in total. The van der Waals surface area contributed by atoms with E-state index in [0.29, 0.717) is 23.6 Å². The predicted octanol–water partition coefficient (Wildman–Crippen LogP) is 4.92. The lowest BCUT2D eigenvalue weighted by molar-refractivity contribution is -0.161. The van der Waals surface area contributed by atoms with Crippen LogP contribution in [0.15, 0.2) is 35.9 Å². The zero-order valence-corrected chi connectivity index (χ0v) is 33.5. The second-order valence-corrected chi connectivity index (χ2v) is 16.7. The lowest BCUT2D eigenvalue weighted by Gasteiger charge is -2.42. The van der Waals surface area contributed by atoms with Gasteiger partial charge in [-0.2, -0.15) is 0 Å². The van der Waals surface area contributed by atoms with Crippen molar-refractivity contribution in [3.63, 3.8) is 0 Å². The third-order valence-corrected chi connectivity index (χ3v) is 12.2. The highest BCUT2D eigenvalue weighted by Gasteiger charge is 2.64. The Hall–Kier alpha value is -2.95. The third kappa shape index (κ3) is 9.40. The van der Waals surface area contributed by atoms with Crippen LogP contribution in [-0.4, -0.2) is 116 Å². The van der Waals surface area contributed by atoms with E-state index in [1.807, 2.05) is 19.3 Å². The maximum atomic E-state index is 14.1. The standard InChI is InChI=1S/C36H50ClN3O10S2/c1-20-11-10-12-27(47-8)36(45)19-26(48-34(44)38-36)21(2)32-35(4,50-32)28(49-33(43)22(3)39(5)29(41)13-14-52-51-9)18-30(42)40(6)24-16-23(15-20)17-25(46-7)31(24)37/h10-12,16-17,21-22,26-28,32,45H,13-15,18-19H2,1-9H3,(H,38,44)/b12-10+,20-11+/t21?,22-,26-,27+,28-,32-,35-,36-/m0/s1. The van der Waals surface area contributed by atoms with Crippen molar-refractivity contribution in [2.24, 2.45) is 5.92 Å². The predicted molar refractivity (Wildman–Crippen MR) is 202 cm³/mol. The van der Waals surface area contributed by atoms with Crippen molar-refractivity contribution in [2.45, 2.75) is 95.2 Å². The summed E-state index contributed by atoms with van der Waals surface area (Å²) < 4.78 is 29.2. The number of hydrogen-bond donors (Lipinski definition) is 2. The van der Waals surface area contributed by atoms with Crippen molar-refractivity contribution in [1.29, 1.82) is 0 Å². The number of aliphatic hydroxyl groups is 1. The number of alkyl carbamates (subject to hydrolysis) is 1.